The Morgan fingerprint density at radius 3 is 2.56 bits per heavy atom. The number of fused-ring (bicyclic) bond motifs is 1. The summed E-state index contributed by atoms with van der Waals surface area (Å²) in [6.45, 7) is 4.87. The molecule has 2 amide bonds. The van der Waals surface area contributed by atoms with Gasteiger partial charge in [0.05, 0.1) is 6.61 Å². The molecule has 3 heterocycles. The summed E-state index contributed by atoms with van der Waals surface area (Å²) in [4.78, 5) is 35.9. The van der Waals surface area contributed by atoms with Crippen molar-refractivity contribution in [2.75, 3.05) is 50.8 Å². The van der Waals surface area contributed by atoms with E-state index >= 15 is 0 Å². The van der Waals surface area contributed by atoms with Crippen molar-refractivity contribution in [2.45, 2.75) is 25.7 Å². The highest BCUT2D eigenvalue weighted by Gasteiger charge is 2.29. The van der Waals surface area contributed by atoms with Crippen LogP contribution in [0.25, 0.3) is 10.9 Å². The van der Waals surface area contributed by atoms with Gasteiger partial charge in [-0.05, 0) is 74.8 Å². The monoisotopic (exact) mass is 490 g/mol. The van der Waals surface area contributed by atoms with Crippen LogP contribution in [0.5, 0.6) is 5.75 Å². The molecule has 0 spiro atoms. The third-order valence-corrected chi connectivity index (χ3v) is 6.94. The van der Waals surface area contributed by atoms with Crippen LogP contribution in [0.2, 0.25) is 0 Å². The number of carbonyl (C=O) groups is 2. The van der Waals surface area contributed by atoms with Crippen LogP contribution in [0.4, 0.5) is 10.1 Å². The SMILES string of the molecule is O=C(c1ccc(F)c2ncccc12)N1CCN(c2ccc(OCCCN3CCCCC3)cc2)C(=O)C1. The minimum atomic E-state index is -0.475. The van der Waals surface area contributed by atoms with Gasteiger partial charge in [0.1, 0.15) is 23.6 Å². The third-order valence-electron chi connectivity index (χ3n) is 6.94. The lowest BCUT2D eigenvalue weighted by Gasteiger charge is -2.34. The number of amides is 2. The fraction of sp³-hybridized carbons (Fsp3) is 0.393. The number of likely N-dealkylation sites (tertiary alicyclic amines) is 1. The van der Waals surface area contributed by atoms with E-state index < -0.39 is 5.82 Å². The number of benzene rings is 2. The molecular formula is C28H31FN4O3. The van der Waals surface area contributed by atoms with E-state index in [4.69, 9.17) is 4.74 Å². The molecule has 1 aromatic heterocycles. The van der Waals surface area contributed by atoms with Gasteiger partial charge in [0.15, 0.2) is 0 Å². The molecule has 7 nitrogen and oxygen atoms in total. The van der Waals surface area contributed by atoms with Gasteiger partial charge in [0, 0.05) is 42.5 Å². The summed E-state index contributed by atoms with van der Waals surface area (Å²) in [5.74, 6) is -0.142. The van der Waals surface area contributed by atoms with Crippen LogP contribution < -0.4 is 9.64 Å². The summed E-state index contributed by atoms with van der Waals surface area (Å²) in [6.07, 6.45) is 6.42. The predicted molar refractivity (Wildman–Crippen MR) is 137 cm³/mol. The number of carbonyl (C=O) groups excluding carboxylic acids is 2. The van der Waals surface area contributed by atoms with Crippen LogP contribution in [0.1, 0.15) is 36.0 Å². The lowest BCUT2D eigenvalue weighted by atomic mass is 10.1. The van der Waals surface area contributed by atoms with Gasteiger partial charge in [-0.1, -0.05) is 12.5 Å². The molecule has 0 bridgehead atoms. The number of pyridine rings is 1. The van der Waals surface area contributed by atoms with Crippen molar-refractivity contribution in [1.82, 2.24) is 14.8 Å². The number of halogens is 1. The smallest absolute Gasteiger partial charge is 0.255 e. The van der Waals surface area contributed by atoms with Gasteiger partial charge in [-0.3, -0.25) is 14.6 Å². The van der Waals surface area contributed by atoms with Gasteiger partial charge in [-0.15, -0.1) is 0 Å². The maximum Gasteiger partial charge on any atom is 0.255 e. The maximum atomic E-state index is 14.1. The van der Waals surface area contributed by atoms with Gasteiger partial charge < -0.3 is 19.4 Å². The summed E-state index contributed by atoms with van der Waals surface area (Å²) in [6, 6.07) is 13.6. The summed E-state index contributed by atoms with van der Waals surface area (Å²) >= 11 is 0. The molecule has 0 saturated carbocycles. The van der Waals surface area contributed by atoms with Crippen molar-refractivity contribution in [3.63, 3.8) is 0 Å². The van der Waals surface area contributed by atoms with Crippen LogP contribution in [-0.2, 0) is 4.79 Å². The van der Waals surface area contributed by atoms with Crippen LogP contribution in [-0.4, -0.2) is 72.5 Å². The number of piperidine rings is 1. The van der Waals surface area contributed by atoms with E-state index in [-0.39, 0.29) is 23.9 Å². The van der Waals surface area contributed by atoms with Crippen LogP contribution in [0, 0.1) is 5.82 Å². The molecule has 0 aliphatic carbocycles. The zero-order valence-corrected chi connectivity index (χ0v) is 20.4. The van der Waals surface area contributed by atoms with Crippen molar-refractivity contribution in [2.24, 2.45) is 0 Å². The van der Waals surface area contributed by atoms with E-state index in [9.17, 15) is 14.0 Å². The topological polar surface area (TPSA) is 66.0 Å². The molecule has 0 atom stereocenters. The Kier molecular flexibility index (Phi) is 7.41. The first-order chi connectivity index (χ1) is 17.6. The Balaban J connectivity index is 1.15. The Morgan fingerprint density at radius 1 is 0.972 bits per heavy atom. The lowest BCUT2D eigenvalue weighted by Crippen LogP contribution is -2.52. The molecule has 0 unspecified atom stereocenters. The quantitative estimate of drug-likeness (QED) is 0.466. The number of anilines is 1. The minimum absolute atomic E-state index is 0.0350. The molecule has 5 rings (SSSR count). The largest absolute Gasteiger partial charge is 0.494 e. The normalized spacial score (nSPS) is 17.0. The Labute approximate surface area is 210 Å². The first-order valence-electron chi connectivity index (χ1n) is 12.7. The number of piperazine rings is 1. The molecule has 0 radical (unpaired) electrons. The molecule has 36 heavy (non-hydrogen) atoms. The Hall–Kier alpha value is -3.52. The highest BCUT2D eigenvalue weighted by Crippen LogP contribution is 2.25. The highest BCUT2D eigenvalue weighted by molar-refractivity contribution is 6.08. The van der Waals surface area contributed by atoms with Gasteiger partial charge in [-0.2, -0.15) is 0 Å². The minimum Gasteiger partial charge on any atom is -0.494 e. The molecule has 2 saturated heterocycles. The predicted octanol–water partition coefficient (Wildman–Crippen LogP) is 4.12. The number of rotatable bonds is 7. The van der Waals surface area contributed by atoms with Crippen molar-refractivity contribution in [3.8, 4) is 5.75 Å². The molecule has 2 fully saturated rings. The molecule has 0 N–H and O–H groups in total. The molecule has 188 valence electrons. The first kappa shape index (κ1) is 24.2. The Morgan fingerprint density at radius 2 is 1.78 bits per heavy atom. The van der Waals surface area contributed by atoms with Gasteiger partial charge in [-0.25, -0.2) is 4.39 Å². The molecule has 2 aromatic carbocycles. The second kappa shape index (κ2) is 11.0. The number of aromatic nitrogens is 1. The van der Waals surface area contributed by atoms with E-state index in [0.29, 0.717) is 30.6 Å². The van der Waals surface area contributed by atoms with E-state index in [1.807, 2.05) is 24.3 Å². The van der Waals surface area contributed by atoms with Crippen LogP contribution >= 0.6 is 0 Å². The molecule has 2 aliphatic rings. The van der Waals surface area contributed by atoms with Gasteiger partial charge in [0.25, 0.3) is 5.91 Å². The Bertz CT molecular complexity index is 1230. The number of hydrogen-bond donors (Lipinski definition) is 0. The van der Waals surface area contributed by atoms with Crippen molar-refractivity contribution in [1.29, 1.82) is 0 Å². The maximum absolute atomic E-state index is 14.1. The molecular weight excluding hydrogens is 459 g/mol. The second-order valence-electron chi connectivity index (χ2n) is 9.36. The summed E-state index contributed by atoms with van der Waals surface area (Å²) in [7, 11) is 0. The molecule has 8 heteroatoms. The van der Waals surface area contributed by atoms with E-state index in [1.54, 1.807) is 17.0 Å². The number of hydrogen-bond acceptors (Lipinski definition) is 5. The average Bonchev–Trinajstić information content (AvgIpc) is 2.92. The van der Waals surface area contributed by atoms with Crippen molar-refractivity contribution in [3.05, 3.63) is 66.1 Å². The number of ether oxygens (including phenoxy) is 1. The van der Waals surface area contributed by atoms with Gasteiger partial charge in [0.2, 0.25) is 5.91 Å². The standard InChI is InChI=1S/C28H31FN4O3/c29-25-12-11-24(23-6-4-13-30-27(23)25)28(35)32-17-18-33(26(34)20-32)21-7-9-22(10-8-21)36-19-5-16-31-14-2-1-3-15-31/h4,6-13H,1-3,5,14-20H2. The fourth-order valence-electron chi connectivity index (χ4n) is 5.00. The second-order valence-corrected chi connectivity index (χ2v) is 9.36. The van der Waals surface area contributed by atoms with E-state index in [2.05, 4.69) is 9.88 Å². The van der Waals surface area contributed by atoms with E-state index in [1.165, 1.54) is 55.6 Å². The highest BCUT2D eigenvalue weighted by atomic mass is 19.1. The summed E-state index contributed by atoms with van der Waals surface area (Å²) in [5, 5.41) is 0.448. The van der Waals surface area contributed by atoms with Crippen molar-refractivity contribution >= 4 is 28.4 Å². The van der Waals surface area contributed by atoms with Gasteiger partial charge >= 0.3 is 0 Å². The average molecular weight is 491 g/mol. The van der Waals surface area contributed by atoms with Crippen LogP contribution in [0.3, 0.4) is 0 Å². The number of nitrogens with zero attached hydrogens (tertiary/aromatic N) is 4. The summed E-state index contributed by atoms with van der Waals surface area (Å²) in [5.41, 5.74) is 1.29. The third kappa shape index (κ3) is 5.33. The van der Waals surface area contributed by atoms with Crippen LogP contribution in [0.15, 0.2) is 54.7 Å². The summed E-state index contributed by atoms with van der Waals surface area (Å²) < 4.78 is 20.0. The van der Waals surface area contributed by atoms with Crippen molar-refractivity contribution < 1.29 is 18.7 Å². The zero-order valence-electron chi connectivity index (χ0n) is 20.4. The lowest BCUT2D eigenvalue weighted by molar-refractivity contribution is -0.120. The first-order valence-corrected chi connectivity index (χ1v) is 12.7. The molecule has 3 aromatic rings. The zero-order chi connectivity index (χ0) is 24.9. The fourth-order valence-corrected chi connectivity index (χ4v) is 5.00. The molecule has 2 aliphatic heterocycles. The van der Waals surface area contributed by atoms with E-state index in [0.717, 1.165) is 24.4 Å².